The molecule has 2 rings (SSSR count). The van der Waals surface area contributed by atoms with Gasteiger partial charge in [0.1, 0.15) is 0 Å². The summed E-state index contributed by atoms with van der Waals surface area (Å²) in [5.41, 5.74) is 2.35. The number of carbonyl (C=O) groups excluding carboxylic acids is 1. The lowest BCUT2D eigenvalue weighted by molar-refractivity contribution is 0.0383. The van der Waals surface area contributed by atoms with Crippen LogP contribution in [0.2, 0.25) is 0 Å². The van der Waals surface area contributed by atoms with Crippen LogP contribution in [0.5, 0.6) is 0 Å². The van der Waals surface area contributed by atoms with Gasteiger partial charge in [0, 0.05) is 37.4 Å². The first kappa shape index (κ1) is 13.0. The molecule has 0 aliphatic carbocycles. The highest BCUT2D eigenvalue weighted by Gasteiger charge is 2.15. The molecular weight excluding hydrogens is 232 g/mol. The molecule has 18 heavy (non-hydrogen) atoms. The Kier molecular flexibility index (Phi) is 4.33. The standard InChI is InChI=1S/C12H20N4O2/c1-9-10(2)14-15-11(9)12(17)13-3-4-16-5-7-18-8-6-16/h3-8H2,1-2H3,(H,13,17)(H,14,15). The van der Waals surface area contributed by atoms with E-state index in [-0.39, 0.29) is 5.91 Å². The summed E-state index contributed by atoms with van der Waals surface area (Å²) >= 11 is 0. The Hall–Kier alpha value is -1.40. The predicted molar refractivity (Wildman–Crippen MR) is 67.7 cm³/mol. The topological polar surface area (TPSA) is 70.2 Å². The maximum Gasteiger partial charge on any atom is 0.272 e. The van der Waals surface area contributed by atoms with Crippen LogP contribution in [0.1, 0.15) is 21.7 Å². The summed E-state index contributed by atoms with van der Waals surface area (Å²) in [6.07, 6.45) is 0. The first-order chi connectivity index (χ1) is 8.68. The van der Waals surface area contributed by atoms with Gasteiger partial charge in [0.2, 0.25) is 0 Å². The normalized spacial score (nSPS) is 16.8. The van der Waals surface area contributed by atoms with Gasteiger partial charge in [-0.05, 0) is 13.8 Å². The zero-order chi connectivity index (χ0) is 13.0. The number of morpholine rings is 1. The van der Waals surface area contributed by atoms with E-state index in [0.717, 1.165) is 44.1 Å². The van der Waals surface area contributed by atoms with Crippen LogP contribution in [0, 0.1) is 13.8 Å². The van der Waals surface area contributed by atoms with E-state index in [4.69, 9.17) is 4.74 Å². The molecule has 0 spiro atoms. The van der Waals surface area contributed by atoms with Crippen LogP contribution in [0.15, 0.2) is 0 Å². The molecule has 1 amide bonds. The number of aryl methyl sites for hydroxylation is 1. The summed E-state index contributed by atoms with van der Waals surface area (Å²) in [6, 6.07) is 0. The average Bonchev–Trinajstić information content (AvgIpc) is 2.71. The first-order valence-electron chi connectivity index (χ1n) is 6.28. The van der Waals surface area contributed by atoms with Gasteiger partial charge in [-0.3, -0.25) is 14.8 Å². The minimum absolute atomic E-state index is 0.106. The number of hydrogen-bond acceptors (Lipinski definition) is 4. The van der Waals surface area contributed by atoms with E-state index in [1.54, 1.807) is 0 Å². The van der Waals surface area contributed by atoms with E-state index >= 15 is 0 Å². The highest BCUT2D eigenvalue weighted by Crippen LogP contribution is 2.07. The van der Waals surface area contributed by atoms with E-state index in [1.807, 2.05) is 13.8 Å². The number of ether oxygens (including phenoxy) is 1. The summed E-state index contributed by atoms with van der Waals surface area (Å²) in [4.78, 5) is 14.2. The molecule has 1 aromatic rings. The zero-order valence-corrected chi connectivity index (χ0v) is 11.0. The molecule has 0 unspecified atom stereocenters. The summed E-state index contributed by atoms with van der Waals surface area (Å²) in [7, 11) is 0. The molecule has 1 aromatic heterocycles. The van der Waals surface area contributed by atoms with Gasteiger partial charge in [-0.2, -0.15) is 5.10 Å². The summed E-state index contributed by atoms with van der Waals surface area (Å²) in [6.45, 7) is 8.76. The number of rotatable bonds is 4. The summed E-state index contributed by atoms with van der Waals surface area (Å²) in [5.74, 6) is -0.106. The Balaban J connectivity index is 1.76. The van der Waals surface area contributed by atoms with Gasteiger partial charge in [-0.1, -0.05) is 0 Å². The van der Waals surface area contributed by atoms with Crippen LogP contribution in [0.4, 0.5) is 0 Å². The van der Waals surface area contributed by atoms with Crippen LogP contribution in [-0.2, 0) is 4.74 Å². The number of nitrogens with zero attached hydrogens (tertiary/aromatic N) is 2. The molecule has 1 fully saturated rings. The third-order valence-corrected chi connectivity index (χ3v) is 3.29. The number of amides is 1. The molecule has 0 aromatic carbocycles. The van der Waals surface area contributed by atoms with E-state index in [9.17, 15) is 4.79 Å². The molecular formula is C12H20N4O2. The SMILES string of the molecule is Cc1[nH]nc(C(=O)NCCN2CCOCC2)c1C. The van der Waals surface area contributed by atoms with Crippen molar-refractivity contribution in [1.29, 1.82) is 0 Å². The third-order valence-electron chi connectivity index (χ3n) is 3.29. The Morgan fingerprint density at radius 3 is 2.78 bits per heavy atom. The van der Waals surface area contributed by atoms with E-state index in [2.05, 4.69) is 20.4 Å². The van der Waals surface area contributed by atoms with Gasteiger partial charge < -0.3 is 10.1 Å². The second kappa shape index (κ2) is 5.97. The third kappa shape index (κ3) is 3.08. The quantitative estimate of drug-likeness (QED) is 0.796. The van der Waals surface area contributed by atoms with Crippen molar-refractivity contribution in [2.24, 2.45) is 0 Å². The van der Waals surface area contributed by atoms with Crippen molar-refractivity contribution in [3.05, 3.63) is 17.0 Å². The molecule has 1 saturated heterocycles. The highest BCUT2D eigenvalue weighted by molar-refractivity contribution is 5.93. The Labute approximate surface area is 107 Å². The molecule has 6 nitrogen and oxygen atoms in total. The van der Waals surface area contributed by atoms with Crippen LogP contribution in [0.3, 0.4) is 0 Å². The largest absolute Gasteiger partial charge is 0.379 e. The molecule has 2 heterocycles. The molecule has 0 atom stereocenters. The smallest absolute Gasteiger partial charge is 0.272 e. The first-order valence-corrected chi connectivity index (χ1v) is 6.28. The van der Waals surface area contributed by atoms with Crippen LogP contribution >= 0.6 is 0 Å². The van der Waals surface area contributed by atoms with Crippen molar-refractivity contribution in [3.8, 4) is 0 Å². The van der Waals surface area contributed by atoms with E-state index < -0.39 is 0 Å². The second-order valence-corrected chi connectivity index (χ2v) is 4.53. The molecule has 100 valence electrons. The lowest BCUT2D eigenvalue weighted by Crippen LogP contribution is -2.41. The lowest BCUT2D eigenvalue weighted by atomic mass is 10.2. The van der Waals surface area contributed by atoms with Crippen LogP contribution < -0.4 is 5.32 Å². The molecule has 1 aliphatic heterocycles. The predicted octanol–water partition coefficient (Wildman–Crippen LogP) is 0.0885. The molecule has 0 saturated carbocycles. The Morgan fingerprint density at radius 2 is 2.17 bits per heavy atom. The number of aromatic amines is 1. The Bertz CT molecular complexity index is 410. The maximum atomic E-state index is 11.9. The number of hydrogen-bond donors (Lipinski definition) is 2. The molecule has 0 bridgehead atoms. The van der Waals surface area contributed by atoms with Crippen molar-refractivity contribution in [2.75, 3.05) is 39.4 Å². The summed E-state index contributed by atoms with van der Waals surface area (Å²) < 4.78 is 5.27. The van der Waals surface area contributed by atoms with Gasteiger partial charge in [0.05, 0.1) is 13.2 Å². The maximum absolute atomic E-state index is 11.9. The van der Waals surface area contributed by atoms with Crippen LogP contribution in [-0.4, -0.2) is 60.4 Å². The van der Waals surface area contributed by atoms with Crippen molar-refractivity contribution in [3.63, 3.8) is 0 Å². The van der Waals surface area contributed by atoms with E-state index in [1.165, 1.54) is 0 Å². The fraction of sp³-hybridized carbons (Fsp3) is 0.667. The van der Waals surface area contributed by atoms with Crippen molar-refractivity contribution in [1.82, 2.24) is 20.4 Å². The minimum Gasteiger partial charge on any atom is -0.379 e. The van der Waals surface area contributed by atoms with Gasteiger partial charge in [0.15, 0.2) is 5.69 Å². The molecule has 6 heteroatoms. The lowest BCUT2D eigenvalue weighted by Gasteiger charge is -2.26. The van der Waals surface area contributed by atoms with Crippen molar-refractivity contribution in [2.45, 2.75) is 13.8 Å². The van der Waals surface area contributed by atoms with Crippen molar-refractivity contribution < 1.29 is 9.53 Å². The molecule has 1 aliphatic rings. The average molecular weight is 252 g/mol. The van der Waals surface area contributed by atoms with Gasteiger partial charge in [0.25, 0.3) is 5.91 Å². The minimum atomic E-state index is -0.106. The van der Waals surface area contributed by atoms with Gasteiger partial charge >= 0.3 is 0 Å². The fourth-order valence-corrected chi connectivity index (χ4v) is 1.94. The zero-order valence-electron chi connectivity index (χ0n) is 11.0. The van der Waals surface area contributed by atoms with Crippen LogP contribution in [0.25, 0.3) is 0 Å². The molecule has 2 N–H and O–H groups in total. The van der Waals surface area contributed by atoms with Gasteiger partial charge in [-0.25, -0.2) is 0 Å². The highest BCUT2D eigenvalue weighted by atomic mass is 16.5. The monoisotopic (exact) mass is 252 g/mol. The number of aromatic nitrogens is 2. The number of carbonyl (C=O) groups is 1. The number of nitrogens with one attached hydrogen (secondary N) is 2. The molecule has 0 radical (unpaired) electrons. The van der Waals surface area contributed by atoms with Gasteiger partial charge in [-0.15, -0.1) is 0 Å². The van der Waals surface area contributed by atoms with E-state index in [0.29, 0.717) is 12.2 Å². The van der Waals surface area contributed by atoms with Crippen molar-refractivity contribution >= 4 is 5.91 Å². The number of H-pyrrole nitrogens is 1. The summed E-state index contributed by atoms with van der Waals surface area (Å²) in [5, 5.41) is 9.73. The Morgan fingerprint density at radius 1 is 1.44 bits per heavy atom. The fourth-order valence-electron chi connectivity index (χ4n) is 1.94. The second-order valence-electron chi connectivity index (χ2n) is 4.53.